The second-order valence-electron chi connectivity index (χ2n) is 5.42. The maximum Gasteiger partial charge on any atom is 0.329 e. The molecule has 0 unspecified atom stereocenters. The largest absolute Gasteiger partial charge is 0.355 e. The Kier molecular flexibility index (Phi) is 6.93. The quantitative estimate of drug-likeness (QED) is 0.316. The number of halogens is 1. The number of nitrogens with one attached hydrogen (secondary N) is 3. The molecule has 0 atom stereocenters. The number of carbonyl (C=O) groups is 2. The molecular weight excluding hydrogens is 352 g/mol. The molecule has 0 saturated heterocycles. The number of hydrogen-bond acceptors (Lipinski definition) is 4. The highest BCUT2D eigenvalue weighted by Crippen LogP contribution is 2.23. The SMILES string of the molecule is C=CCNC(=O)C(=O)N/N=C\c1cc(Cl)ccc1Nc1ccc(C)cc1. The molecule has 2 amide bonds. The maximum absolute atomic E-state index is 11.6. The van der Waals surface area contributed by atoms with Crippen LogP contribution in [0.15, 0.2) is 60.2 Å². The summed E-state index contributed by atoms with van der Waals surface area (Å²) >= 11 is 6.04. The summed E-state index contributed by atoms with van der Waals surface area (Å²) in [7, 11) is 0. The Morgan fingerprint density at radius 2 is 1.88 bits per heavy atom. The molecule has 26 heavy (non-hydrogen) atoms. The number of hydrogen-bond donors (Lipinski definition) is 3. The van der Waals surface area contributed by atoms with Crippen LogP contribution in [0.25, 0.3) is 0 Å². The van der Waals surface area contributed by atoms with E-state index < -0.39 is 11.8 Å². The molecule has 2 aromatic carbocycles. The third kappa shape index (κ3) is 5.75. The molecule has 2 aromatic rings. The Balaban J connectivity index is 2.09. The van der Waals surface area contributed by atoms with Crippen LogP contribution in [-0.2, 0) is 9.59 Å². The van der Waals surface area contributed by atoms with Gasteiger partial charge >= 0.3 is 11.8 Å². The van der Waals surface area contributed by atoms with Gasteiger partial charge in [-0.05, 0) is 37.3 Å². The maximum atomic E-state index is 11.6. The Labute approximate surface area is 156 Å². The zero-order valence-electron chi connectivity index (χ0n) is 14.3. The van der Waals surface area contributed by atoms with Crippen molar-refractivity contribution in [1.29, 1.82) is 0 Å². The zero-order chi connectivity index (χ0) is 18.9. The standard InChI is InChI=1S/C19H19ClN4O2/c1-3-10-21-18(25)19(26)24-22-12-14-11-15(20)6-9-17(14)23-16-7-4-13(2)5-8-16/h3-9,11-12,23H,1,10H2,2H3,(H,21,25)(H,24,26)/b22-12-. The summed E-state index contributed by atoms with van der Waals surface area (Å²) in [4.78, 5) is 23.1. The van der Waals surface area contributed by atoms with Gasteiger partial charge in [-0.15, -0.1) is 6.58 Å². The van der Waals surface area contributed by atoms with Gasteiger partial charge in [0.2, 0.25) is 0 Å². The summed E-state index contributed by atoms with van der Waals surface area (Å²) in [6.07, 6.45) is 2.89. The number of aryl methyl sites for hydroxylation is 1. The highest BCUT2D eigenvalue weighted by Gasteiger charge is 2.10. The van der Waals surface area contributed by atoms with Crippen molar-refractivity contribution < 1.29 is 9.59 Å². The fourth-order valence-corrected chi connectivity index (χ4v) is 2.18. The smallest absolute Gasteiger partial charge is 0.329 e. The lowest BCUT2D eigenvalue weighted by atomic mass is 10.1. The fourth-order valence-electron chi connectivity index (χ4n) is 2.00. The minimum absolute atomic E-state index is 0.203. The monoisotopic (exact) mass is 370 g/mol. The molecule has 0 aromatic heterocycles. The number of carbonyl (C=O) groups excluding carboxylic acids is 2. The van der Waals surface area contributed by atoms with Crippen molar-refractivity contribution >= 4 is 41.0 Å². The second kappa shape index (κ2) is 9.39. The Morgan fingerprint density at radius 1 is 1.15 bits per heavy atom. The molecule has 0 heterocycles. The Hall–Kier alpha value is -3.12. The van der Waals surface area contributed by atoms with E-state index in [1.54, 1.807) is 12.1 Å². The average molecular weight is 371 g/mol. The van der Waals surface area contributed by atoms with Crippen LogP contribution in [0.2, 0.25) is 5.02 Å². The summed E-state index contributed by atoms with van der Waals surface area (Å²) in [6, 6.07) is 13.2. The zero-order valence-corrected chi connectivity index (χ0v) is 15.0. The molecule has 6 nitrogen and oxygen atoms in total. The van der Waals surface area contributed by atoms with Crippen molar-refractivity contribution in [2.45, 2.75) is 6.92 Å². The van der Waals surface area contributed by atoms with Crippen molar-refractivity contribution in [2.24, 2.45) is 5.10 Å². The number of nitrogens with zero attached hydrogens (tertiary/aromatic N) is 1. The summed E-state index contributed by atoms with van der Waals surface area (Å²) in [6.45, 7) is 5.67. The van der Waals surface area contributed by atoms with Crippen LogP contribution >= 0.6 is 11.6 Å². The lowest BCUT2D eigenvalue weighted by Crippen LogP contribution is -2.37. The van der Waals surface area contributed by atoms with Gasteiger partial charge in [-0.25, -0.2) is 5.43 Å². The van der Waals surface area contributed by atoms with Gasteiger partial charge in [0.25, 0.3) is 0 Å². The summed E-state index contributed by atoms with van der Waals surface area (Å²) < 4.78 is 0. The molecule has 3 N–H and O–H groups in total. The van der Waals surface area contributed by atoms with Crippen molar-refractivity contribution in [3.05, 3.63) is 71.3 Å². The van der Waals surface area contributed by atoms with Crippen molar-refractivity contribution in [3.63, 3.8) is 0 Å². The molecule has 0 bridgehead atoms. The van der Waals surface area contributed by atoms with Crippen LogP contribution in [0.1, 0.15) is 11.1 Å². The summed E-state index contributed by atoms with van der Waals surface area (Å²) in [5, 5.41) is 9.97. The number of benzene rings is 2. The molecule has 2 rings (SSSR count). The van der Waals surface area contributed by atoms with Crippen LogP contribution in [0.5, 0.6) is 0 Å². The first-order valence-electron chi connectivity index (χ1n) is 7.85. The van der Waals surface area contributed by atoms with Crippen LogP contribution in [0.4, 0.5) is 11.4 Å². The summed E-state index contributed by atoms with van der Waals surface area (Å²) in [5.41, 5.74) is 5.65. The van der Waals surface area contributed by atoms with E-state index in [9.17, 15) is 9.59 Å². The number of amides is 2. The summed E-state index contributed by atoms with van der Waals surface area (Å²) in [5.74, 6) is -1.65. The molecule has 0 fully saturated rings. The van der Waals surface area contributed by atoms with Gasteiger partial charge in [0.15, 0.2) is 0 Å². The Bertz CT molecular complexity index is 832. The lowest BCUT2D eigenvalue weighted by molar-refractivity contribution is -0.139. The second-order valence-corrected chi connectivity index (χ2v) is 5.86. The molecule has 0 aliphatic carbocycles. The number of hydrazone groups is 1. The van der Waals surface area contributed by atoms with E-state index in [1.165, 1.54) is 12.3 Å². The molecule has 0 spiro atoms. The fraction of sp³-hybridized carbons (Fsp3) is 0.105. The molecule has 0 aliphatic rings. The van der Waals surface area contributed by atoms with E-state index in [0.29, 0.717) is 10.6 Å². The highest BCUT2D eigenvalue weighted by atomic mass is 35.5. The van der Waals surface area contributed by atoms with Crippen LogP contribution in [0, 0.1) is 6.92 Å². The van der Waals surface area contributed by atoms with Crippen LogP contribution in [0.3, 0.4) is 0 Å². The predicted molar refractivity (Wildman–Crippen MR) is 105 cm³/mol. The molecule has 0 saturated carbocycles. The van der Waals surface area contributed by atoms with E-state index >= 15 is 0 Å². The first-order valence-corrected chi connectivity index (χ1v) is 8.23. The topological polar surface area (TPSA) is 82.6 Å². The van der Waals surface area contributed by atoms with E-state index in [0.717, 1.165) is 16.9 Å². The molecule has 134 valence electrons. The molecular formula is C19H19ClN4O2. The van der Waals surface area contributed by atoms with Crippen molar-refractivity contribution in [1.82, 2.24) is 10.7 Å². The van der Waals surface area contributed by atoms with Gasteiger partial charge in [0.1, 0.15) is 0 Å². The van der Waals surface area contributed by atoms with Gasteiger partial charge in [0.05, 0.1) is 6.21 Å². The van der Waals surface area contributed by atoms with E-state index in [4.69, 9.17) is 11.6 Å². The van der Waals surface area contributed by atoms with Gasteiger partial charge in [0, 0.05) is 28.5 Å². The predicted octanol–water partition coefficient (Wildman–Crippen LogP) is 3.14. The molecule has 0 radical (unpaired) electrons. The van der Waals surface area contributed by atoms with Gasteiger partial charge in [-0.2, -0.15) is 5.10 Å². The number of rotatable bonds is 6. The molecule has 7 heteroatoms. The third-order valence-corrected chi connectivity index (χ3v) is 3.56. The Morgan fingerprint density at radius 3 is 2.58 bits per heavy atom. The van der Waals surface area contributed by atoms with E-state index in [-0.39, 0.29) is 6.54 Å². The lowest BCUT2D eigenvalue weighted by Gasteiger charge is -2.10. The third-order valence-electron chi connectivity index (χ3n) is 3.33. The minimum Gasteiger partial charge on any atom is -0.355 e. The highest BCUT2D eigenvalue weighted by molar-refractivity contribution is 6.35. The van der Waals surface area contributed by atoms with E-state index in [2.05, 4.69) is 27.7 Å². The minimum atomic E-state index is -0.863. The first-order chi connectivity index (χ1) is 12.5. The van der Waals surface area contributed by atoms with Crippen molar-refractivity contribution in [3.8, 4) is 0 Å². The van der Waals surface area contributed by atoms with E-state index in [1.807, 2.05) is 37.3 Å². The van der Waals surface area contributed by atoms with Gasteiger partial charge < -0.3 is 10.6 Å². The number of anilines is 2. The van der Waals surface area contributed by atoms with Crippen LogP contribution in [-0.4, -0.2) is 24.6 Å². The van der Waals surface area contributed by atoms with Crippen molar-refractivity contribution in [2.75, 3.05) is 11.9 Å². The first kappa shape index (κ1) is 19.2. The van der Waals surface area contributed by atoms with Gasteiger partial charge in [-0.3, -0.25) is 9.59 Å². The molecule has 0 aliphatic heterocycles. The van der Waals surface area contributed by atoms with Crippen LogP contribution < -0.4 is 16.1 Å². The normalized spacial score (nSPS) is 10.4. The van der Waals surface area contributed by atoms with Gasteiger partial charge in [-0.1, -0.05) is 35.4 Å². The average Bonchev–Trinajstić information content (AvgIpc) is 2.63.